The van der Waals surface area contributed by atoms with Crippen LogP contribution < -0.4 is 5.32 Å². The summed E-state index contributed by atoms with van der Waals surface area (Å²) in [5.74, 6) is -0.252. The third kappa shape index (κ3) is 3.36. The molecular weight excluding hydrogens is 291 g/mol. The van der Waals surface area contributed by atoms with E-state index in [4.69, 9.17) is 0 Å². The molecule has 1 N–H and O–H groups in total. The van der Waals surface area contributed by atoms with Gasteiger partial charge in [-0.2, -0.15) is 0 Å². The number of nitrogens with one attached hydrogen (secondary N) is 1. The molecule has 3 nitrogen and oxygen atoms in total. The fraction of sp³-hybridized carbons (Fsp3) is 0.316. The second-order valence-corrected chi connectivity index (χ2v) is 6.17. The van der Waals surface area contributed by atoms with Gasteiger partial charge in [0.25, 0.3) is 0 Å². The lowest BCUT2D eigenvalue weighted by atomic mass is 10.1. The van der Waals surface area contributed by atoms with Crippen molar-refractivity contribution in [2.24, 2.45) is 0 Å². The number of nitrogens with zero attached hydrogens (tertiary/aromatic N) is 1. The van der Waals surface area contributed by atoms with Gasteiger partial charge in [-0.1, -0.05) is 30.3 Å². The highest BCUT2D eigenvalue weighted by Gasteiger charge is 2.25. The normalized spacial score (nSPS) is 16.0. The molecule has 1 unspecified atom stereocenters. The first-order chi connectivity index (χ1) is 11.0. The van der Waals surface area contributed by atoms with Gasteiger partial charge in [0, 0.05) is 13.6 Å². The summed E-state index contributed by atoms with van der Waals surface area (Å²) in [6.45, 7) is 2.60. The lowest BCUT2D eigenvalue weighted by Crippen LogP contribution is -2.38. The summed E-state index contributed by atoms with van der Waals surface area (Å²) in [6.07, 6.45) is 1.70. The molecule has 0 radical (unpaired) electrons. The molecule has 2 aromatic rings. The Hall–Kier alpha value is -2.36. The van der Waals surface area contributed by atoms with Crippen LogP contribution in [0.3, 0.4) is 0 Å². The molecule has 1 aliphatic rings. The summed E-state index contributed by atoms with van der Waals surface area (Å²) in [7, 11) is 1.78. The highest BCUT2D eigenvalue weighted by atomic mass is 19.1. The number of carbonyl (C=O) groups excluding carboxylic acids is 1. The zero-order valence-electron chi connectivity index (χ0n) is 13.5. The summed E-state index contributed by atoms with van der Waals surface area (Å²) >= 11 is 0. The predicted octanol–water partition coefficient (Wildman–Crippen LogP) is 3.96. The lowest BCUT2D eigenvalue weighted by molar-refractivity contribution is 0.202. The maximum absolute atomic E-state index is 13.4. The second-order valence-electron chi connectivity index (χ2n) is 6.17. The van der Waals surface area contributed by atoms with Crippen LogP contribution in [0.4, 0.5) is 9.18 Å². The third-order valence-electron chi connectivity index (χ3n) is 4.50. The van der Waals surface area contributed by atoms with E-state index < -0.39 is 0 Å². The van der Waals surface area contributed by atoms with Crippen molar-refractivity contribution < 1.29 is 9.18 Å². The van der Waals surface area contributed by atoms with Crippen LogP contribution in [0.1, 0.15) is 34.7 Å². The van der Waals surface area contributed by atoms with Gasteiger partial charge in [0.15, 0.2) is 0 Å². The molecule has 120 valence electrons. The number of fused-ring (bicyclic) bond motifs is 1. The van der Waals surface area contributed by atoms with Gasteiger partial charge in [-0.15, -0.1) is 0 Å². The van der Waals surface area contributed by atoms with Crippen LogP contribution in [0, 0.1) is 12.7 Å². The first-order valence-corrected chi connectivity index (χ1v) is 7.89. The van der Waals surface area contributed by atoms with Gasteiger partial charge in [-0.3, -0.25) is 0 Å². The minimum atomic E-state index is -0.252. The zero-order chi connectivity index (χ0) is 16.4. The second kappa shape index (κ2) is 6.41. The van der Waals surface area contributed by atoms with E-state index in [-0.39, 0.29) is 17.9 Å². The fourth-order valence-corrected chi connectivity index (χ4v) is 3.10. The molecule has 0 spiro atoms. The van der Waals surface area contributed by atoms with E-state index in [0.29, 0.717) is 6.54 Å². The molecule has 1 atom stereocenters. The molecule has 0 bridgehead atoms. The minimum absolute atomic E-state index is 0.104. The summed E-state index contributed by atoms with van der Waals surface area (Å²) < 4.78 is 13.4. The van der Waals surface area contributed by atoms with Crippen LogP contribution in [-0.2, 0) is 13.0 Å². The number of carbonyl (C=O) groups is 1. The molecule has 0 fully saturated rings. The average Bonchev–Trinajstić information content (AvgIpc) is 2.91. The Labute approximate surface area is 136 Å². The smallest absolute Gasteiger partial charge is 0.317 e. The number of urea groups is 1. The van der Waals surface area contributed by atoms with Gasteiger partial charge < -0.3 is 10.2 Å². The molecule has 2 amide bonds. The summed E-state index contributed by atoms with van der Waals surface area (Å²) in [4.78, 5) is 14.1. The number of rotatable bonds is 3. The Kier molecular flexibility index (Phi) is 4.33. The van der Waals surface area contributed by atoms with Crippen molar-refractivity contribution in [2.45, 2.75) is 32.4 Å². The van der Waals surface area contributed by atoms with Crippen LogP contribution in [0.2, 0.25) is 0 Å². The number of aryl methyl sites for hydroxylation is 2. The molecule has 0 saturated carbocycles. The first-order valence-electron chi connectivity index (χ1n) is 7.89. The maximum Gasteiger partial charge on any atom is 0.317 e. The molecule has 1 aliphatic carbocycles. The fourth-order valence-electron chi connectivity index (χ4n) is 3.10. The van der Waals surface area contributed by atoms with Crippen LogP contribution in [0.5, 0.6) is 0 Å². The summed E-state index contributed by atoms with van der Waals surface area (Å²) in [5.41, 5.74) is 4.32. The Morgan fingerprint density at radius 1 is 1.30 bits per heavy atom. The predicted molar refractivity (Wildman–Crippen MR) is 88.6 cm³/mol. The first kappa shape index (κ1) is 15.5. The monoisotopic (exact) mass is 312 g/mol. The number of amides is 2. The summed E-state index contributed by atoms with van der Waals surface area (Å²) in [5, 5.41) is 3.02. The Balaban J connectivity index is 1.66. The molecule has 2 aromatic carbocycles. The minimum Gasteiger partial charge on any atom is -0.331 e. The van der Waals surface area contributed by atoms with Crippen LogP contribution in [0.15, 0.2) is 42.5 Å². The molecule has 0 aliphatic heterocycles. The SMILES string of the molecule is Cc1ccccc1CN(C)C(=O)NC1CCc2ccc(F)cc21. The van der Waals surface area contributed by atoms with E-state index in [1.165, 1.54) is 17.7 Å². The van der Waals surface area contributed by atoms with Crippen molar-refractivity contribution in [1.82, 2.24) is 10.2 Å². The van der Waals surface area contributed by atoms with E-state index >= 15 is 0 Å². The highest BCUT2D eigenvalue weighted by Crippen LogP contribution is 2.31. The molecule has 0 saturated heterocycles. The standard InChI is InChI=1S/C19H21FN2O/c1-13-5-3-4-6-15(13)12-22(2)19(23)21-18-10-8-14-7-9-16(20)11-17(14)18/h3-7,9,11,18H,8,10,12H2,1-2H3,(H,21,23). The molecule has 4 heteroatoms. The van der Waals surface area contributed by atoms with E-state index in [1.807, 2.05) is 37.3 Å². The Morgan fingerprint density at radius 2 is 2.09 bits per heavy atom. The van der Waals surface area contributed by atoms with Gasteiger partial charge in [0.05, 0.1) is 6.04 Å². The van der Waals surface area contributed by atoms with Crippen molar-refractivity contribution in [3.05, 3.63) is 70.5 Å². The Morgan fingerprint density at radius 3 is 2.87 bits per heavy atom. The van der Waals surface area contributed by atoms with Gasteiger partial charge in [-0.05, 0) is 54.2 Å². The van der Waals surface area contributed by atoms with Gasteiger partial charge in [0.2, 0.25) is 0 Å². The summed E-state index contributed by atoms with van der Waals surface area (Å²) in [6, 6.07) is 12.6. The largest absolute Gasteiger partial charge is 0.331 e. The number of halogens is 1. The van der Waals surface area contributed by atoms with Gasteiger partial charge in [0.1, 0.15) is 5.82 Å². The highest BCUT2D eigenvalue weighted by molar-refractivity contribution is 5.74. The quantitative estimate of drug-likeness (QED) is 0.914. The van der Waals surface area contributed by atoms with Crippen molar-refractivity contribution in [3.63, 3.8) is 0 Å². The molecule has 0 aromatic heterocycles. The van der Waals surface area contributed by atoms with E-state index in [2.05, 4.69) is 5.32 Å². The lowest BCUT2D eigenvalue weighted by Gasteiger charge is -2.22. The van der Waals surface area contributed by atoms with Gasteiger partial charge in [-0.25, -0.2) is 9.18 Å². The third-order valence-corrected chi connectivity index (χ3v) is 4.50. The maximum atomic E-state index is 13.4. The van der Waals surface area contributed by atoms with Crippen molar-refractivity contribution in [1.29, 1.82) is 0 Å². The Bertz CT molecular complexity index is 729. The van der Waals surface area contributed by atoms with Crippen molar-refractivity contribution in [3.8, 4) is 0 Å². The number of benzene rings is 2. The number of hydrogen-bond donors (Lipinski definition) is 1. The van der Waals surface area contributed by atoms with E-state index in [9.17, 15) is 9.18 Å². The number of hydrogen-bond acceptors (Lipinski definition) is 1. The van der Waals surface area contributed by atoms with Crippen molar-refractivity contribution in [2.75, 3.05) is 7.05 Å². The van der Waals surface area contributed by atoms with Gasteiger partial charge >= 0.3 is 6.03 Å². The molecule has 0 heterocycles. The zero-order valence-corrected chi connectivity index (χ0v) is 13.5. The van der Waals surface area contributed by atoms with Crippen LogP contribution >= 0.6 is 0 Å². The average molecular weight is 312 g/mol. The topological polar surface area (TPSA) is 32.3 Å². The molecule has 23 heavy (non-hydrogen) atoms. The van der Waals surface area contributed by atoms with E-state index in [0.717, 1.165) is 29.5 Å². The van der Waals surface area contributed by atoms with Crippen LogP contribution in [-0.4, -0.2) is 18.0 Å². The van der Waals surface area contributed by atoms with E-state index in [1.54, 1.807) is 11.9 Å². The molecule has 3 rings (SSSR count). The molecular formula is C19H21FN2O. The van der Waals surface area contributed by atoms with Crippen molar-refractivity contribution >= 4 is 6.03 Å². The van der Waals surface area contributed by atoms with Crippen LogP contribution in [0.25, 0.3) is 0 Å².